The molecule has 3 aromatic carbocycles. The zero-order valence-corrected chi connectivity index (χ0v) is 16.7. The molecule has 6 heteroatoms. The molecule has 0 saturated heterocycles. The molecule has 0 heterocycles. The van der Waals surface area contributed by atoms with Crippen molar-refractivity contribution in [1.82, 2.24) is 5.32 Å². The van der Waals surface area contributed by atoms with E-state index in [9.17, 15) is 9.59 Å². The van der Waals surface area contributed by atoms with E-state index in [-0.39, 0.29) is 24.4 Å². The molecule has 0 bridgehead atoms. The predicted molar refractivity (Wildman–Crippen MR) is 117 cm³/mol. The maximum absolute atomic E-state index is 12.6. The third-order valence-corrected chi connectivity index (χ3v) is 4.67. The fourth-order valence-electron chi connectivity index (χ4n) is 2.82. The summed E-state index contributed by atoms with van der Waals surface area (Å²) in [6, 6.07) is 23.6. The van der Waals surface area contributed by atoms with Gasteiger partial charge < -0.3 is 16.0 Å². The van der Waals surface area contributed by atoms with E-state index in [1.165, 1.54) is 0 Å². The number of para-hydroxylation sites is 2. The minimum Gasteiger partial charge on any atom is -0.324 e. The van der Waals surface area contributed by atoms with Crippen molar-refractivity contribution in [3.05, 3.63) is 95.0 Å². The topological polar surface area (TPSA) is 70.2 Å². The summed E-state index contributed by atoms with van der Waals surface area (Å²) in [4.78, 5) is 25.0. The minimum atomic E-state index is -0.283. The second-order valence-electron chi connectivity index (χ2n) is 6.57. The van der Waals surface area contributed by atoms with Crippen LogP contribution in [0.3, 0.4) is 0 Å². The summed E-state index contributed by atoms with van der Waals surface area (Å²) < 4.78 is 0. The molecule has 0 aliphatic carbocycles. The van der Waals surface area contributed by atoms with Gasteiger partial charge in [0, 0.05) is 16.8 Å². The number of halogens is 1. The second-order valence-corrected chi connectivity index (χ2v) is 7.00. The highest BCUT2D eigenvalue weighted by Gasteiger charge is 2.14. The third-order valence-electron chi connectivity index (χ3n) is 4.42. The van der Waals surface area contributed by atoms with E-state index in [4.69, 9.17) is 11.6 Å². The largest absolute Gasteiger partial charge is 0.324 e. The standard InChI is InChI=1S/C23H22ClN3O2/c1-16(17-11-13-18(24)14-12-17)25-15-22(28)27-21-10-6-5-9-20(21)23(29)26-19-7-3-2-4-8-19/h2-14,16,25H,15H2,1H3,(H,26,29)(H,27,28)/t16-/m0/s1. The van der Waals surface area contributed by atoms with E-state index in [2.05, 4.69) is 16.0 Å². The lowest BCUT2D eigenvalue weighted by Gasteiger charge is -2.15. The van der Waals surface area contributed by atoms with Crippen molar-refractivity contribution in [2.45, 2.75) is 13.0 Å². The van der Waals surface area contributed by atoms with Crippen molar-refractivity contribution in [1.29, 1.82) is 0 Å². The molecule has 29 heavy (non-hydrogen) atoms. The van der Waals surface area contributed by atoms with Crippen LogP contribution < -0.4 is 16.0 Å². The molecule has 148 valence electrons. The van der Waals surface area contributed by atoms with Crippen LogP contribution in [-0.2, 0) is 4.79 Å². The van der Waals surface area contributed by atoms with E-state index in [0.717, 1.165) is 5.56 Å². The van der Waals surface area contributed by atoms with E-state index in [0.29, 0.717) is 22.0 Å². The first-order valence-electron chi connectivity index (χ1n) is 9.27. The van der Waals surface area contributed by atoms with Crippen LogP contribution in [0.4, 0.5) is 11.4 Å². The number of carbonyl (C=O) groups is 2. The van der Waals surface area contributed by atoms with Crippen LogP contribution in [0.1, 0.15) is 28.9 Å². The summed E-state index contributed by atoms with van der Waals surface area (Å²) in [6.45, 7) is 2.08. The summed E-state index contributed by atoms with van der Waals surface area (Å²) in [7, 11) is 0. The Hall–Kier alpha value is -3.15. The number of rotatable bonds is 7. The molecule has 0 unspecified atom stereocenters. The first-order chi connectivity index (χ1) is 14.0. The minimum absolute atomic E-state index is 0.0189. The lowest BCUT2D eigenvalue weighted by Crippen LogP contribution is -2.30. The van der Waals surface area contributed by atoms with E-state index in [1.54, 1.807) is 36.4 Å². The van der Waals surface area contributed by atoms with E-state index < -0.39 is 0 Å². The number of anilines is 2. The molecule has 0 spiro atoms. The normalized spacial score (nSPS) is 11.5. The number of nitrogens with one attached hydrogen (secondary N) is 3. The van der Waals surface area contributed by atoms with Crippen molar-refractivity contribution in [3.63, 3.8) is 0 Å². The van der Waals surface area contributed by atoms with Gasteiger partial charge in [0.25, 0.3) is 5.91 Å². The van der Waals surface area contributed by atoms with Gasteiger partial charge in [0.1, 0.15) is 0 Å². The fourth-order valence-corrected chi connectivity index (χ4v) is 2.95. The molecular weight excluding hydrogens is 386 g/mol. The Morgan fingerprint density at radius 3 is 2.24 bits per heavy atom. The summed E-state index contributed by atoms with van der Waals surface area (Å²) in [5.41, 5.74) is 2.59. The third kappa shape index (κ3) is 5.91. The zero-order chi connectivity index (χ0) is 20.6. The Balaban J connectivity index is 1.60. The highest BCUT2D eigenvalue weighted by Crippen LogP contribution is 2.18. The average Bonchev–Trinajstić information content (AvgIpc) is 2.73. The maximum Gasteiger partial charge on any atom is 0.257 e. The molecule has 0 radical (unpaired) electrons. The first kappa shape index (κ1) is 20.6. The highest BCUT2D eigenvalue weighted by atomic mass is 35.5. The Morgan fingerprint density at radius 1 is 0.862 bits per heavy atom. The molecule has 0 aromatic heterocycles. The first-order valence-corrected chi connectivity index (χ1v) is 9.65. The molecule has 0 aliphatic heterocycles. The van der Waals surface area contributed by atoms with Gasteiger partial charge in [-0.3, -0.25) is 9.59 Å². The van der Waals surface area contributed by atoms with Gasteiger partial charge in [-0.15, -0.1) is 0 Å². The molecule has 3 N–H and O–H groups in total. The number of carbonyl (C=O) groups excluding carboxylic acids is 2. The van der Waals surface area contributed by atoms with Gasteiger partial charge in [0.2, 0.25) is 5.91 Å². The SMILES string of the molecule is C[C@H](NCC(=O)Nc1ccccc1C(=O)Nc1ccccc1)c1ccc(Cl)cc1. The molecule has 1 atom stereocenters. The number of benzene rings is 3. The predicted octanol–water partition coefficient (Wildman–Crippen LogP) is 4.88. The molecule has 5 nitrogen and oxygen atoms in total. The lowest BCUT2D eigenvalue weighted by molar-refractivity contribution is -0.115. The Labute approximate surface area is 175 Å². The number of hydrogen-bond acceptors (Lipinski definition) is 3. The molecule has 3 rings (SSSR count). The van der Waals surface area contributed by atoms with Gasteiger partial charge in [-0.05, 0) is 48.9 Å². The Kier molecular flexibility index (Phi) is 7.00. The summed E-state index contributed by atoms with van der Waals surface area (Å²) >= 11 is 5.91. The smallest absolute Gasteiger partial charge is 0.257 e. The van der Waals surface area contributed by atoms with Crippen molar-refractivity contribution in [2.24, 2.45) is 0 Å². The number of hydrogen-bond donors (Lipinski definition) is 3. The van der Waals surface area contributed by atoms with Gasteiger partial charge in [-0.1, -0.05) is 54.1 Å². The quantitative estimate of drug-likeness (QED) is 0.522. The molecule has 3 aromatic rings. The molecule has 2 amide bonds. The molecular formula is C23H22ClN3O2. The summed E-state index contributed by atoms with van der Waals surface area (Å²) in [5, 5.41) is 9.48. The van der Waals surface area contributed by atoms with Crippen LogP contribution in [0, 0.1) is 0 Å². The summed E-state index contributed by atoms with van der Waals surface area (Å²) in [5.74, 6) is -0.514. The Morgan fingerprint density at radius 2 is 1.52 bits per heavy atom. The van der Waals surface area contributed by atoms with Crippen LogP contribution in [0.2, 0.25) is 5.02 Å². The second kappa shape index (κ2) is 9.87. The lowest BCUT2D eigenvalue weighted by atomic mass is 10.1. The van der Waals surface area contributed by atoms with Crippen LogP contribution >= 0.6 is 11.6 Å². The van der Waals surface area contributed by atoms with E-state index >= 15 is 0 Å². The average molecular weight is 408 g/mol. The molecule has 0 fully saturated rings. The van der Waals surface area contributed by atoms with Crippen molar-refractivity contribution in [2.75, 3.05) is 17.2 Å². The maximum atomic E-state index is 12.6. The van der Waals surface area contributed by atoms with Gasteiger partial charge >= 0.3 is 0 Å². The van der Waals surface area contributed by atoms with Crippen LogP contribution in [-0.4, -0.2) is 18.4 Å². The monoisotopic (exact) mass is 407 g/mol. The van der Waals surface area contributed by atoms with Crippen LogP contribution in [0.15, 0.2) is 78.9 Å². The van der Waals surface area contributed by atoms with Gasteiger partial charge in [-0.25, -0.2) is 0 Å². The van der Waals surface area contributed by atoms with Crippen LogP contribution in [0.5, 0.6) is 0 Å². The fraction of sp³-hybridized carbons (Fsp3) is 0.130. The van der Waals surface area contributed by atoms with Gasteiger partial charge in [-0.2, -0.15) is 0 Å². The molecule has 0 aliphatic rings. The van der Waals surface area contributed by atoms with Gasteiger partial charge in [0.15, 0.2) is 0 Å². The number of amides is 2. The van der Waals surface area contributed by atoms with Crippen molar-refractivity contribution in [3.8, 4) is 0 Å². The van der Waals surface area contributed by atoms with Crippen molar-refractivity contribution >= 4 is 34.8 Å². The highest BCUT2D eigenvalue weighted by molar-refractivity contribution is 6.30. The van der Waals surface area contributed by atoms with E-state index in [1.807, 2.05) is 49.4 Å². The van der Waals surface area contributed by atoms with Gasteiger partial charge in [0.05, 0.1) is 17.8 Å². The zero-order valence-electron chi connectivity index (χ0n) is 16.0. The van der Waals surface area contributed by atoms with Crippen LogP contribution in [0.25, 0.3) is 0 Å². The van der Waals surface area contributed by atoms with Crippen molar-refractivity contribution < 1.29 is 9.59 Å². The Bertz CT molecular complexity index is 975. The summed E-state index contributed by atoms with van der Waals surface area (Å²) in [6.07, 6.45) is 0. The molecule has 0 saturated carbocycles.